The Morgan fingerprint density at radius 1 is 0.913 bits per heavy atom. The van der Waals surface area contributed by atoms with E-state index < -0.39 is 0 Å². The second-order valence-corrected chi connectivity index (χ2v) is 6.55. The van der Waals surface area contributed by atoms with E-state index in [1.165, 1.54) is 0 Å². The Labute approximate surface area is 137 Å². The third kappa shape index (κ3) is 4.07. The van der Waals surface area contributed by atoms with Crippen molar-refractivity contribution in [2.24, 2.45) is 0 Å². The first kappa shape index (κ1) is 16.9. The van der Waals surface area contributed by atoms with Crippen molar-refractivity contribution in [1.82, 2.24) is 0 Å². The third-order valence-electron chi connectivity index (χ3n) is 3.77. The number of ketones is 2. The van der Waals surface area contributed by atoms with Crippen molar-refractivity contribution in [3.8, 4) is 5.75 Å². The molecule has 0 amide bonds. The molecule has 2 aromatic rings. The van der Waals surface area contributed by atoms with E-state index in [4.69, 9.17) is 4.74 Å². The minimum Gasteiger partial charge on any atom is -0.497 e. The summed E-state index contributed by atoms with van der Waals surface area (Å²) in [5, 5.41) is 0. The fraction of sp³-hybridized carbons (Fsp3) is 0.300. The zero-order valence-corrected chi connectivity index (χ0v) is 14.1. The number of rotatable bonds is 5. The van der Waals surface area contributed by atoms with Crippen molar-refractivity contribution in [1.29, 1.82) is 0 Å². The largest absolute Gasteiger partial charge is 0.497 e. The smallest absolute Gasteiger partial charge is 0.170 e. The molecule has 23 heavy (non-hydrogen) atoms. The quantitative estimate of drug-likeness (QED) is 0.605. The van der Waals surface area contributed by atoms with Crippen LogP contribution in [0.3, 0.4) is 0 Å². The number of benzene rings is 2. The van der Waals surface area contributed by atoms with E-state index >= 15 is 0 Å². The molecule has 0 heterocycles. The van der Waals surface area contributed by atoms with Gasteiger partial charge in [-0.1, -0.05) is 45.0 Å². The zero-order valence-electron chi connectivity index (χ0n) is 14.1. The second-order valence-electron chi connectivity index (χ2n) is 6.55. The summed E-state index contributed by atoms with van der Waals surface area (Å²) in [7, 11) is 1.57. The zero-order chi connectivity index (χ0) is 17.0. The van der Waals surface area contributed by atoms with Crippen LogP contribution in [-0.2, 0) is 5.41 Å². The van der Waals surface area contributed by atoms with Crippen LogP contribution >= 0.6 is 0 Å². The van der Waals surface area contributed by atoms with Crippen molar-refractivity contribution in [2.75, 3.05) is 7.11 Å². The Morgan fingerprint density at radius 3 is 2.09 bits per heavy atom. The molecule has 0 aliphatic rings. The predicted molar refractivity (Wildman–Crippen MR) is 91.4 cm³/mol. The van der Waals surface area contributed by atoms with Crippen molar-refractivity contribution in [2.45, 2.75) is 32.6 Å². The monoisotopic (exact) mass is 310 g/mol. The van der Waals surface area contributed by atoms with Crippen LogP contribution in [0.15, 0.2) is 48.5 Å². The highest BCUT2D eigenvalue weighted by atomic mass is 16.5. The number of methoxy groups -OCH3 is 1. The first-order chi connectivity index (χ1) is 10.8. The SMILES string of the molecule is COc1ccc(C(=O)CC(=O)c2ccccc2C(C)(C)C)cc1. The Morgan fingerprint density at radius 2 is 1.52 bits per heavy atom. The van der Waals surface area contributed by atoms with Gasteiger partial charge in [-0.3, -0.25) is 9.59 Å². The lowest BCUT2D eigenvalue weighted by Crippen LogP contribution is -2.18. The normalized spacial score (nSPS) is 11.1. The predicted octanol–water partition coefficient (Wildman–Crippen LogP) is 4.45. The molecule has 0 radical (unpaired) electrons. The molecule has 2 rings (SSSR count). The van der Waals surface area contributed by atoms with Gasteiger partial charge in [0.1, 0.15) is 5.75 Å². The molecule has 0 unspecified atom stereocenters. The maximum atomic E-state index is 12.6. The molecule has 0 fully saturated rings. The van der Waals surface area contributed by atoms with Gasteiger partial charge >= 0.3 is 0 Å². The minimum atomic E-state index is -0.179. The molecule has 0 saturated heterocycles. The Bertz CT molecular complexity index is 706. The van der Waals surface area contributed by atoms with Crippen molar-refractivity contribution in [3.63, 3.8) is 0 Å². The molecule has 0 spiro atoms. The van der Waals surface area contributed by atoms with Gasteiger partial charge < -0.3 is 4.74 Å². The third-order valence-corrected chi connectivity index (χ3v) is 3.77. The second kappa shape index (κ2) is 6.78. The first-order valence-corrected chi connectivity index (χ1v) is 7.63. The van der Waals surface area contributed by atoms with Gasteiger partial charge in [-0.2, -0.15) is 0 Å². The van der Waals surface area contributed by atoms with E-state index in [1.807, 2.05) is 18.2 Å². The number of carbonyl (C=O) groups excluding carboxylic acids is 2. The standard InChI is InChI=1S/C20H22O3/c1-20(2,3)17-8-6-5-7-16(17)19(22)13-18(21)14-9-11-15(23-4)12-10-14/h5-12H,13H2,1-4H3. The van der Waals surface area contributed by atoms with Gasteiger partial charge in [-0.05, 0) is 35.2 Å². The lowest BCUT2D eigenvalue weighted by molar-refractivity contribution is 0.0893. The Balaban J connectivity index is 2.20. The van der Waals surface area contributed by atoms with E-state index in [-0.39, 0.29) is 23.4 Å². The topological polar surface area (TPSA) is 43.4 Å². The summed E-state index contributed by atoms with van der Waals surface area (Å²) in [5.74, 6) is 0.365. The van der Waals surface area contributed by atoms with Crippen molar-refractivity contribution < 1.29 is 14.3 Å². The fourth-order valence-corrected chi connectivity index (χ4v) is 2.50. The summed E-state index contributed by atoms with van der Waals surface area (Å²) in [6.07, 6.45) is -0.126. The fourth-order valence-electron chi connectivity index (χ4n) is 2.50. The highest BCUT2D eigenvalue weighted by Gasteiger charge is 2.22. The summed E-state index contributed by atoms with van der Waals surface area (Å²) < 4.78 is 5.07. The van der Waals surface area contributed by atoms with Crippen LogP contribution < -0.4 is 4.74 Å². The number of ether oxygens (including phenoxy) is 1. The van der Waals surface area contributed by atoms with Gasteiger partial charge in [-0.15, -0.1) is 0 Å². The molecule has 3 nitrogen and oxygen atoms in total. The van der Waals surface area contributed by atoms with Crippen molar-refractivity contribution in [3.05, 3.63) is 65.2 Å². The van der Waals surface area contributed by atoms with Gasteiger partial charge in [0.05, 0.1) is 13.5 Å². The minimum absolute atomic E-state index is 0.126. The van der Waals surface area contributed by atoms with E-state index in [1.54, 1.807) is 37.4 Å². The van der Waals surface area contributed by atoms with Gasteiger partial charge in [-0.25, -0.2) is 0 Å². The summed E-state index contributed by atoms with van der Waals surface area (Å²) in [5.41, 5.74) is 1.97. The average Bonchev–Trinajstić information content (AvgIpc) is 2.54. The van der Waals surface area contributed by atoms with Crippen LogP contribution in [0.2, 0.25) is 0 Å². The van der Waals surface area contributed by atoms with Gasteiger partial charge in [0, 0.05) is 11.1 Å². The molecule has 0 saturated carbocycles. The molecule has 2 aromatic carbocycles. The molecule has 0 atom stereocenters. The lowest BCUT2D eigenvalue weighted by atomic mass is 9.82. The van der Waals surface area contributed by atoms with E-state index in [0.29, 0.717) is 16.9 Å². The van der Waals surface area contributed by atoms with Crippen molar-refractivity contribution >= 4 is 11.6 Å². The van der Waals surface area contributed by atoms with Gasteiger partial charge in [0.2, 0.25) is 0 Å². The van der Waals surface area contributed by atoms with E-state index in [9.17, 15) is 9.59 Å². The maximum Gasteiger partial charge on any atom is 0.170 e. The number of Topliss-reactive ketones (excluding diaryl/α,β-unsaturated/α-hetero) is 2. The summed E-state index contributed by atoms with van der Waals surface area (Å²) >= 11 is 0. The van der Waals surface area contributed by atoms with Crippen LogP contribution in [0.5, 0.6) is 5.75 Å². The van der Waals surface area contributed by atoms with Crippen LogP contribution in [0, 0.1) is 0 Å². The molecule has 120 valence electrons. The number of hydrogen-bond donors (Lipinski definition) is 0. The molecule has 0 bridgehead atoms. The Kier molecular flexibility index (Phi) is 4.99. The summed E-state index contributed by atoms with van der Waals surface area (Å²) in [6.45, 7) is 6.18. The lowest BCUT2D eigenvalue weighted by Gasteiger charge is -2.22. The first-order valence-electron chi connectivity index (χ1n) is 7.63. The number of hydrogen-bond acceptors (Lipinski definition) is 3. The molecular formula is C20H22O3. The Hall–Kier alpha value is -2.42. The van der Waals surface area contributed by atoms with E-state index in [0.717, 1.165) is 5.56 Å². The molecule has 3 heteroatoms. The summed E-state index contributed by atoms with van der Waals surface area (Å²) in [4.78, 5) is 24.9. The van der Waals surface area contributed by atoms with Crippen LogP contribution in [0.1, 0.15) is 53.5 Å². The molecule has 0 N–H and O–H groups in total. The van der Waals surface area contributed by atoms with Crippen LogP contribution in [-0.4, -0.2) is 18.7 Å². The maximum absolute atomic E-state index is 12.6. The molecular weight excluding hydrogens is 288 g/mol. The summed E-state index contributed by atoms with van der Waals surface area (Å²) in [6, 6.07) is 14.3. The van der Waals surface area contributed by atoms with Gasteiger partial charge in [0.25, 0.3) is 0 Å². The molecule has 0 aliphatic heterocycles. The number of carbonyl (C=O) groups is 2. The van der Waals surface area contributed by atoms with Gasteiger partial charge in [0.15, 0.2) is 11.6 Å². The highest BCUT2D eigenvalue weighted by Crippen LogP contribution is 2.27. The van der Waals surface area contributed by atoms with Crippen LogP contribution in [0.4, 0.5) is 0 Å². The average molecular weight is 310 g/mol. The highest BCUT2D eigenvalue weighted by molar-refractivity contribution is 6.14. The molecule has 0 aliphatic carbocycles. The van der Waals surface area contributed by atoms with E-state index in [2.05, 4.69) is 20.8 Å². The van der Waals surface area contributed by atoms with Crippen LogP contribution in [0.25, 0.3) is 0 Å². The molecule has 0 aromatic heterocycles.